The Morgan fingerprint density at radius 2 is 2.00 bits per heavy atom. The Morgan fingerprint density at radius 3 is 2.81 bits per heavy atom. The van der Waals surface area contributed by atoms with E-state index >= 15 is 0 Å². The van der Waals surface area contributed by atoms with E-state index in [4.69, 9.17) is 4.42 Å². The Labute approximate surface area is 181 Å². The zero-order chi connectivity index (χ0) is 21.8. The SMILES string of the molecule is O=C(NN=Cc1c(O)ccc2ccccc12)c1csc(CS(=O)(=O)Cc2ccco2)n1. The first-order valence-corrected chi connectivity index (χ1v) is 11.8. The van der Waals surface area contributed by atoms with Gasteiger partial charge in [0.2, 0.25) is 0 Å². The molecule has 158 valence electrons. The van der Waals surface area contributed by atoms with Gasteiger partial charge in [-0.3, -0.25) is 4.79 Å². The van der Waals surface area contributed by atoms with Crippen molar-refractivity contribution in [2.75, 3.05) is 0 Å². The summed E-state index contributed by atoms with van der Waals surface area (Å²) in [5, 5.41) is 17.5. The minimum atomic E-state index is -3.48. The van der Waals surface area contributed by atoms with Crippen LogP contribution in [0.25, 0.3) is 10.8 Å². The molecule has 1 amide bonds. The van der Waals surface area contributed by atoms with E-state index in [1.807, 2.05) is 24.3 Å². The lowest BCUT2D eigenvalue weighted by molar-refractivity contribution is 0.0950. The molecule has 0 radical (unpaired) electrons. The maximum Gasteiger partial charge on any atom is 0.290 e. The Kier molecular flexibility index (Phi) is 5.83. The molecule has 0 saturated carbocycles. The largest absolute Gasteiger partial charge is 0.507 e. The number of hydrogen-bond acceptors (Lipinski definition) is 8. The molecule has 4 rings (SSSR count). The third kappa shape index (κ3) is 4.98. The number of phenolic OH excluding ortho intramolecular Hbond substituents is 1. The van der Waals surface area contributed by atoms with Crippen LogP contribution in [0.1, 0.15) is 26.8 Å². The third-order valence-electron chi connectivity index (χ3n) is 4.38. The van der Waals surface area contributed by atoms with Crippen LogP contribution in [0.4, 0.5) is 0 Å². The number of benzene rings is 2. The number of hydrogen-bond donors (Lipinski definition) is 2. The van der Waals surface area contributed by atoms with E-state index in [9.17, 15) is 18.3 Å². The van der Waals surface area contributed by atoms with Crippen molar-refractivity contribution in [3.8, 4) is 5.75 Å². The Bertz CT molecular complexity index is 1360. The van der Waals surface area contributed by atoms with Crippen molar-refractivity contribution in [1.29, 1.82) is 0 Å². The van der Waals surface area contributed by atoms with Crippen LogP contribution in [0.5, 0.6) is 5.75 Å². The molecule has 10 heteroatoms. The summed E-state index contributed by atoms with van der Waals surface area (Å²) < 4.78 is 29.6. The van der Waals surface area contributed by atoms with Gasteiger partial charge in [-0.15, -0.1) is 11.3 Å². The molecule has 0 saturated heterocycles. The molecular weight excluding hydrogens is 438 g/mol. The van der Waals surface area contributed by atoms with Gasteiger partial charge in [0.25, 0.3) is 5.91 Å². The predicted molar refractivity (Wildman–Crippen MR) is 118 cm³/mol. The number of nitrogens with zero attached hydrogens (tertiary/aromatic N) is 2. The number of carbonyl (C=O) groups is 1. The van der Waals surface area contributed by atoms with Gasteiger partial charge >= 0.3 is 0 Å². The van der Waals surface area contributed by atoms with E-state index in [1.165, 1.54) is 17.9 Å². The van der Waals surface area contributed by atoms with Crippen LogP contribution >= 0.6 is 11.3 Å². The lowest BCUT2D eigenvalue weighted by Gasteiger charge is -2.04. The van der Waals surface area contributed by atoms with Crippen molar-refractivity contribution < 1.29 is 22.7 Å². The van der Waals surface area contributed by atoms with Gasteiger partial charge in [-0.25, -0.2) is 18.8 Å². The van der Waals surface area contributed by atoms with E-state index in [0.29, 0.717) is 16.3 Å². The first kappa shape index (κ1) is 20.8. The second-order valence-corrected chi connectivity index (χ2v) is 9.66. The molecule has 0 unspecified atom stereocenters. The summed E-state index contributed by atoms with van der Waals surface area (Å²) in [5.74, 6) is -0.726. The Hall–Kier alpha value is -3.50. The zero-order valence-corrected chi connectivity index (χ0v) is 17.7. The van der Waals surface area contributed by atoms with Crippen molar-refractivity contribution in [2.45, 2.75) is 11.5 Å². The molecule has 2 heterocycles. The average molecular weight is 456 g/mol. The van der Waals surface area contributed by atoms with Gasteiger partial charge < -0.3 is 9.52 Å². The number of rotatable bonds is 7. The van der Waals surface area contributed by atoms with Crippen LogP contribution in [0.3, 0.4) is 0 Å². The van der Waals surface area contributed by atoms with Crippen molar-refractivity contribution in [3.63, 3.8) is 0 Å². The summed E-state index contributed by atoms with van der Waals surface area (Å²) in [4.78, 5) is 16.4. The van der Waals surface area contributed by atoms with Gasteiger partial charge in [-0.05, 0) is 29.0 Å². The third-order valence-corrected chi connectivity index (χ3v) is 6.85. The number of thiazole rings is 1. The van der Waals surface area contributed by atoms with Gasteiger partial charge in [0.05, 0.1) is 12.5 Å². The summed E-state index contributed by atoms with van der Waals surface area (Å²) in [7, 11) is -3.48. The molecule has 31 heavy (non-hydrogen) atoms. The average Bonchev–Trinajstić information content (AvgIpc) is 3.41. The molecule has 2 N–H and O–H groups in total. The topological polar surface area (TPSA) is 122 Å². The Morgan fingerprint density at radius 1 is 1.16 bits per heavy atom. The van der Waals surface area contributed by atoms with Crippen molar-refractivity contribution in [2.24, 2.45) is 5.10 Å². The number of fused-ring (bicyclic) bond motifs is 1. The number of hydrazone groups is 1. The molecular formula is C21H17N3O5S2. The highest BCUT2D eigenvalue weighted by atomic mass is 32.2. The van der Waals surface area contributed by atoms with Gasteiger partial charge in [0.1, 0.15) is 33.7 Å². The van der Waals surface area contributed by atoms with Crippen LogP contribution in [0, 0.1) is 0 Å². The van der Waals surface area contributed by atoms with Gasteiger partial charge in [0.15, 0.2) is 9.84 Å². The smallest absolute Gasteiger partial charge is 0.290 e. The molecule has 2 aromatic heterocycles. The van der Waals surface area contributed by atoms with E-state index in [0.717, 1.165) is 22.1 Å². The molecule has 0 atom stereocenters. The van der Waals surface area contributed by atoms with Crippen molar-refractivity contribution >= 4 is 44.1 Å². The monoisotopic (exact) mass is 455 g/mol. The number of furan rings is 1. The fourth-order valence-electron chi connectivity index (χ4n) is 2.96. The van der Waals surface area contributed by atoms with E-state index in [-0.39, 0.29) is 22.9 Å². The van der Waals surface area contributed by atoms with Gasteiger partial charge in [-0.1, -0.05) is 30.3 Å². The summed E-state index contributed by atoms with van der Waals surface area (Å²) in [6.07, 6.45) is 2.77. The fourth-order valence-corrected chi connectivity index (χ4v) is 5.47. The second kappa shape index (κ2) is 8.70. The van der Waals surface area contributed by atoms with Crippen LogP contribution in [-0.4, -0.2) is 30.6 Å². The number of nitrogens with one attached hydrogen (secondary N) is 1. The van der Waals surface area contributed by atoms with Gasteiger partial charge in [-0.2, -0.15) is 5.10 Å². The number of phenols is 1. The van der Waals surface area contributed by atoms with Crippen molar-refractivity contribution in [3.05, 3.63) is 82.2 Å². The number of sulfone groups is 1. The number of amides is 1. The standard InChI is InChI=1S/C21H17N3O5S2/c25-19-8-7-14-4-1-2-6-16(14)17(19)10-22-24-21(26)18-11-30-20(23-18)13-31(27,28)12-15-5-3-9-29-15/h1-11,25H,12-13H2,(H,24,26). The first-order valence-electron chi connectivity index (χ1n) is 9.12. The summed E-state index contributed by atoms with van der Waals surface area (Å²) >= 11 is 1.08. The molecule has 0 bridgehead atoms. The number of aromatic hydroxyl groups is 1. The van der Waals surface area contributed by atoms with E-state index in [1.54, 1.807) is 24.3 Å². The molecule has 0 aliphatic rings. The first-order chi connectivity index (χ1) is 14.9. The quantitative estimate of drug-likeness (QED) is 0.325. The van der Waals surface area contributed by atoms with Crippen molar-refractivity contribution in [1.82, 2.24) is 10.4 Å². The molecule has 0 fully saturated rings. The lowest BCUT2D eigenvalue weighted by atomic mass is 10.0. The normalized spacial score (nSPS) is 11.9. The number of carbonyl (C=O) groups excluding carboxylic acids is 1. The summed E-state index contributed by atoms with van der Waals surface area (Å²) in [6.45, 7) is 0. The molecule has 0 aliphatic carbocycles. The summed E-state index contributed by atoms with van der Waals surface area (Å²) in [6, 6.07) is 14.0. The maximum atomic E-state index is 12.3. The zero-order valence-electron chi connectivity index (χ0n) is 16.1. The van der Waals surface area contributed by atoms with E-state index in [2.05, 4.69) is 15.5 Å². The minimum Gasteiger partial charge on any atom is -0.507 e. The minimum absolute atomic E-state index is 0.0365. The summed E-state index contributed by atoms with van der Waals surface area (Å²) in [5.41, 5.74) is 2.89. The van der Waals surface area contributed by atoms with Crippen LogP contribution < -0.4 is 5.43 Å². The van der Waals surface area contributed by atoms with Crippen LogP contribution in [0.2, 0.25) is 0 Å². The van der Waals surface area contributed by atoms with E-state index < -0.39 is 15.7 Å². The van der Waals surface area contributed by atoms with Crippen LogP contribution in [-0.2, 0) is 21.3 Å². The molecule has 0 aliphatic heterocycles. The molecule has 4 aromatic rings. The highest BCUT2D eigenvalue weighted by Gasteiger charge is 2.19. The lowest BCUT2D eigenvalue weighted by Crippen LogP contribution is -2.18. The second-order valence-electron chi connectivity index (χ2n) is 6.66. The molecule has 0 spiro atoms. The van der Waals surface area contributed by atoms with Gasteiger partial charge in [0, 0.05) is 10.9 Å². The fraction of sp³-hybridized carbons (Fsp3) is 0.0952. The van der Waals surface area contributed by atoms with Crippen LogP contribution in [0.15, 0.2) is 69.7 Å². The Balaban J connectivity index is 1.42. The highest BCUT2D eigenvalue weighted by Crippen LogP contribution is 2.25. The number of aromatic nitrogens is 1. The molecule has 2 aromatic carbocycles. The predicted octanol–water partition coefficient (Wildman–Crippen LogP) is 3.47. The molecule has 8 nitrogen and oxygen atoms in total. The highest BCUT2D eigenvalue weighted by molar-refractivity contribution is 7.89. The maximum absolute atomic E-state index is 12.3.